The molecule has 1 aliphatic rings. The normalized spacial score (nSPS) is 25.4. The molecule has 1 N–H and O–H groups in total. The van der Waals surface area contributed by atoms with E-state index in [2.05, 4.69) is 6.92 Å². The predicted octanol–water partition coefficient (Wildman–Crippen LogP) is 3.22. The fourth-order valence-corrected chi connectivity index (χ4v) is 2.70. The van der Waals surface area contributed by atoms with Crippen LogP contribution >= 0.6 is 0 Å². The van der Waals surface area contributed by atoms with Crippen molar-refractivity contribution in [3.63, 3.8) is 0 Å². The Kier molecular flexibility index (Phi) is 4.88. The minimum atomic E-state index is -0.788. The van der Waals surface area contributed by atoms with Crippen LogP contribution in [0.25, 0.3) is 0 Å². The highest BCUT2D eigenvalue weighted by Gasteiger charge is 2.32. The van der Waals surface area contributed by atoms with Crippen molar-refractivity contribution in [3.05, 3.63) is 23.8 Å². The van der Waals surface area contributed by atoms with Crippen molar-refractivity contribution < 1.29 is 19.4 Å². The number of ketones is 1. The maximum Gasteiger partial charge on any atom is 0.163 e. The van der Waals surface area contributed by atoms with Crippen LogP contribution in [0.2, 0.25) is 0 Å². The topological polar surface area (TPSA) is 55.8 Å². The molecule has 0 aliphatic heterocycles. The fraction of sp³-hybridized carbons (Fsp3) is 0.588. The molecule has 1 aromatic carbocycles. The number of hydrogen-bond donors (Lipinski definition) is 1. The molecule has 0 amide bonds. The van der Waals surface area contributed by atoms with Crippen molar-refractivity contribution >= 4 is 5.78 Å². The highest BCUT2D eigenvalue weighted by molar-refractivity contribution is 5.97. The molecular formula is C17H24O4. The van der Waals surface area contributed by atoms with Gasteiger partial charge in [-0.1, -0.05) is 6.92 Å². The van der Waals surface area contributed by atoms with E-state index in [-0.39, 0.29) is 12.4 Å². The van der Waals surface area contributed by atoms with E-state index >= 15 is 0 Å². The van der Waals surface area contributed by atoms with Crippen LogP contribution in [-0.2, 0) is 0 Å². The summed E-state index contributed by atoms with van der Waals surface area (Å²) in [5.41, 5.74) is -0.271. The van der Waals surface area contributed by atoms with E-state index in [0.29, 0.717) is 23.0 Å². The molecule has 2 rings (SSSR count). The highest BCUT2D eigenvalue weighted by atomic mass is 16.5. The number of aliphatic hydroxyl groups is 1. The molecular weight excluding hydrogens is 268 g/mol. The molecule has 0 atom stereocenters. The van der Waals surface area contributed by atoms with Gasteiger partial charge in [-0.25, -0.2) is 0 Å². The Labute approximate surface area is 126 Å². The molecule has 1 fully saturated rings. The van der Waals surface area contributed by atoms with E-state index in [4.69, 9.17) is 9.47 Å². The Balaban J connectivity index is 2.09. The van der Waals surface area contributed by atoms with E-state index in [1.807, 2.05) is 0 Å². The maximum atomic E-state index is 11.7. The predicted molar refractivity (Wildman–Crippen MR) is 81.1 cm³/mol. The Bertz CT molecular complexity index is 502. The molecule has 0 bridgehead atoms. The Morgan fingerprint density at radius 3 is 2.62 bits per heavy atom. The summed E-state index contributed by atoms with van der Waals surface area (Å²) in [7, 11) is 1.57. The summed E-state index contributed by atoms with van der Waals surface area (Å²) in [5.74, 6) is 1.72. The van der Waals surface area contributed by atoms with Crippen molar-refractivity contribution in [2.75, 3.05) is 13.7 Å². The minimum Gasteiger partial charge on any atom is -0.497 e. The first-order valence-electron chi connectivity index (χ1n) is 7.48. The summed E-state index contributed by atoms with van der Waals surface area (Å²) in [4.78, 5) is 11.7. The molecule has 0 spiro atoms. The Hall–Kier alpha value is -1.55. The number of ether oxygens (including phenoxy) is 2. The lowest BCUT2D eigenvalue weighted by molar-refractivity contribution is -0.0426. The number of benzene rings is 1. The first-order chi connectivity index (χ1) is 9.93. The second-order valence-electron chi connectivity index (χ2n) is 6.11. The van der Waals surface area contributed by atoms with E-state index < -0.39 is 5.60 Å². The second kappa shape index (κ2) is 6.48. The quantitative estimate of drug-likeness (QED) is 0.847. The van der Waals surface area contributed by atoms with E-state index in [9.17, 15) is 9.90 Å². The summed E-state index contributed by atoms with van der Waals surface area (Å²) >= 11 is 0. The Morgan fingerprint density at radius 1 is 1.38 bits per heavy atom. The van der Waals surface area contributed by atoms with Crippen molar-refractivity contribution in [3.8, 4) is 11.5 Å². The van der Waals surface area contributed by atoms with Gasteiger partial charge in [-0.05, 0) is 50.7 Å². The molecule has 4 heteroatoms. The minimum absolute atomic E-state index is 0.0584. The average molecular weight is 292 g/mol. The standard InChI is InChI=1S/C17H24O4/c1-12-6-8-17(19,9-7-12)11-21-16-10-14(20-3)4-5-15(16)13(2)18/h4-5,10,12,19H,6-9,11H2,1-3H3. The van der Waals surface area contributed by atoms with Crippen molar-refractivity contribution in [2.24, 2.45) is 5.92 Å². The molecule has 1 saturated carbocycles. The van der Waals surface area contributed by atoms with Gasteiger partial charge in [0, 0.05) is 6.07 Å². The van der Waals surface area contributed by atoms with Gasteiger partial charge in [0.15, 0.2) is 5.78 Å². The lowest BCUT2D eigenvalue weighted by atomic mass is 9.80. The smallest absolute Gasteiger partial charge is 0.163 e. The fourth-order valence-electron chi connectivity index (χ4n) is 2.70. The summed E-state index contributed by atoms with van der Waals surface area (Å²) < 4.78 is 10.9. The van der Waals surface area contributed by atoms with Crippen LogP contribution < -0.4 is 9.47 Å². The van der Waals surface area contributed by atoms with Crippen LogP contribution in [0.5, 0.6) is 11.5 Å². The number of rotatable bonds is 5. The summed E-state index contributed by atoms with van der Waals surface area (Å²) in [5, 5.41) is 10.6. The first kappa shape index (κ1) is 15.8. The second-order valence-corrected chi connectivity index (χ2v) is 6.11. The number of carbonyl (C=O) groups excluding carboxylic acids is 1. The SMILES string of the molecule is COc1ccc(C(C)=O)c(OCC2(O)CCC(C)CC2)c1. The Morgan fingerprint density at radius 2 is 2.05 bits per heavy atom. The van der Waals surface area contributed by atoms with Crippen LogP contribution in [0.15, 0.2) is 18.2 Å². The van der Waals surface area contributed by atoms with Crippen LogP contribution in [-0.4, -0.2) is 30.2 Å². The largest absolute Gasteiger partial charge is 0.497 e. The average Bonchev–Trinajstić information content (AvgIpc) is 2.48. The third-order valence-electron chi connectivity index (χ3n) is 4.27. The zero-order valence-corrected chi connectivity index (χ0v) is 13.0. The van der Waals surface area contributed by atoms with Crippen LogP contribution in [0.4, 0.5) is 0 Å². The number of carbonyl (C=O) groups is 1. The number of Topliss-reactive ketones (excluding diaryl/α,β-unsaturated/α-hetero) is 1. The van der Waals surface area contributed by atoms with Crippen LogP contribution in [0.1, 0.15) is 49.9 Å². The van der Waals surface area contributed by atoms with E-state index in [0.717, 1.165) is 25.7 Å². The lowest BCUT2D eigenvalue weighted by Gasteiger charge is -2.34. The third kappa shape index (κ3) is 3.97. The molecule has 21 heavy (non-hydrogen) atoms. The van der Waals surface area contributed by atoms with Gasteiger partial charge in [0.1, 0.15) is 18.1 Å². The summed E-state index contributed by atoms with van der Waals surface area (Å²) in [6, 6.07) is 5.13. The van der Waals surface area contributed by atoms with Crippen molar-refractivity contribution in [1.29, 1.82) is 0 Å². The van der Waals surface area contributed by atoms with Crippen LogP contribution in [0, 0.1) is 5.92 Å². The van der Waals surface area contributed by atoms with E-state index in [1.165, 1.54) is 6.92 Å². The van der Waals surface area contributed by atoms with Gasteiger partial charge in [-0.15, -0.1) is 0 Å². The molecule has 1 aliphatic carbocycles. The zero-order valence-electron chi connectivity index (χ0n) is 13.0. The number of hydrogen-bond acceptors (Lipinski definition) is 4. The monoisotopic (exact) mass is 292 g/mol. The van der Waals surface area contributed by atoms with Gasteiger partial charge >= 0.3 is 0 Å². The molecule has 116 valence electrons. The van der Waals surface area contributed by atoms with Gasteiger partial charge in [0.2, 0.25) is 0 Å². The summed E-state index contributed by atoms with van der Waals surface area (Å²) in [6.45, 7) is 3.93. The van der Waals surface area contributed by atoms with Crippen LogP contribution in [0.3, 0.4) is 0 Å². The number of methoxy groups -OCH3 is 1. The highest BCUT2D eigenvalue weighted by Crippen LogP contribution is 2.33. The molecule has 0 saturated heterocycles. The summed E-state index contributed by atoms with van der Waals surface area (Å²) in [6.07, 6.45) is 3.51. The van der Waals surface area contributed by atoms with Crippen molar-refractivity contribution in [2.45, 2.75) is 45.1 Å². The zero-order chi connectivity index (χ0) is 15.5. The van der Waals surface area contributed by atoms with Gasteiger partial charge in [-0.3, -0.25) is 4.79 Å². The molecule has 1 aromatic rings. The first-order valence-corrected chi connectivity index (χ1v) is 7.48. The van der Waals surface area contributed by atoms with Gasteiger partial charge < -0.3 is 14.6 Å². The lowest BCUT2D eigenvalue weighted by Crippen LogP contribution is -2.39. The van der Waals surface area contributed by atoms with E-state index in [1.54, 1.807) is 25.3 Å². The third-order valence-corrected chi connectivity index (χ3v) is 4.27. The maximum absolute atomic E-state index is 11.7. The van der Waals surface area contributed by atoms with Gasteiger partial charge in [0.05, 0.1) is 18.3 Å². The molecule has 0 aromatic heterocycles. The molecule has 0 heterocycles. The van der Waals surface area contributed by atoms with Gasteiger partial charge in [-0.2, -0.15) is 0 Å². The molecule has 0 unspecified atom stereocenters. The van der Waals surface area contributed by atoms with Gasteiger partial charge in [0.25, 0.3) is 0 Å². The molecule has 0 radical (unpaired) electrons. The van der Waals surface area contributed by atoms with Crippen molar-refractivity contribution in [1.82, 2.24) is 0 Å². The molecule has 4 nitrogen and oxygen atoms in total.